The molecule has 2 aromatic rings. The van der Waals surface area contributed by atoms with Crippen molar-refractivity contribution in [3.63, 3.8) is 0 Å². The number of methoxy groups -OCH3 is 3. The van der Waals surface area contributed by atoms with Crippen LogP contribution >= 0.6 is 0 Å². The van der Waals surface area contributed by atoms with Gasteiger partial charge in [0.2, 0.25) is 11.8 Å². The number of rotatable bonds is 8. The van der Waals surface area contributed by atoms with Gasteiger partial charge in [0.1, 0.15) is 17.2 Å². The number of amides is 2. The smallest absolute Gasteiger partial charge is 0.226 e. The van der Waals surface area contributed by atoms with E-state index in [9.17, 15) is 9.59 Å². The molecular weight excluding hydrogens is 456 g/mol. The van der Waals surface area contributed by atoms with Gasteiger partial charge in [0.05, 0.1) is 26.9 Å². The molecule has 0 spiro atoms. The highest BCUT2D eigenvalue weighted by atomic mass is 16.5. The van der Waals surface area contributed by atoms with E-state index in [2.05, 4.69) is 18.2 Å². The van der Waals surface area contributed by atoms with Crippen molar-refractivity contribution in [2.24, 2.45) is 5.92 Å². The Kier molecular flexibility index (Phi) is 8.52. The Morgan fingerprint density at radius 3 is 2.11 bits per heavy atom. The van der Waals surface area contributed by atoms with Crippen molar-refractivity contribution in [1.82, 2.24) is 9.80 Å². The van der Waals surface area contributed by atoms with E-state index in [0.717, 1.165) is 36.8 Å². The van der Waals surface area contributed by atoms with Crippen molar-refractivity contribution in [3.05, 3.63) is 59.7 Å². The van der Waals surface area contributed by atoms with Crippen molar-refractivity contribution in [2.45, 2.75) is 32.1 Å². The average Bonchev–Trinajstić information content (AvgIpc) is 2.95. The minimum Gasteiger partial charge on any atom is -0.496 e. The van der Waals surface area contributed by atoms with Crippen LogP contribution in [-0.2, 0) is 16.0 Å². The van der Waals surface area contributed by atoms with Crippen LogP contribution in [0, 0.1) is 5.92 Å². The van der Waals surface area contributed by atoms with E-state index in [1.165, 1.54) is 5.56 Å². The lowest BCUT2D eigenvalue weighted by Crippen LogP contribution is -2.45. The first-order chi connectivity index (χ1) is 17.5. The van der Waals surface area contributed by atoms with Gasteiger partial charge in [0.15, 0.2) is 0 Å². The molecule has 36 heavy (non-hydrogen) atoms. The molecule has 0 unspecified atom stereocenters. The van der Waals surface area contributed by atoms with E-state index in [1.807, 2.05) is 40.1 Å². The van der Waals surface area contributed by atoms with Gasteiger partial charge < -0.3 is 24.0 Å². The first-order valence-electron chi connectivity index (χ1n) is 12.6. The maximum absolute atomic E-state index is 13.2. The Morgan fingerprint density at radius 1 is 0.889 bits per heavy atom. The molecule has 2 aliphatic rings. The molecule has 2 amide bonds. The third-order valence-corrected chi connectivity index (χ3v) is 7.22. The highest BCUT2D eigenvalue weighted by Gasteiger charge is 2.31. The Morgan fingerprint density at radius 2 is 1.56 bits per heavy atom. The van der Waals surface area contributed by atoms with Crippen LogP contribution in [0.3, 0.4) is 0 Å². The number of benzene rings is 2. The predicted octanol–water partition coefficient (Wildman–Crippen LogP) is 4.20. The molecule has 4 rings (SSSR count). The van der Waals surface area contributed by atoms with Gasteiger partial charge in [0.25, 0.3) is 0 Å². The van der Waals surface area contributed by atoms with E-state index in [-0.39, 0.29) is 17.7 Å². The lowest BCUT2D eigenvalue weighted by atomic mass is 9.92. The fraction of sp³-hybridized carbons (Fsp3) is 0.448. The number of nitrogens with zero attached hydrogens (tertiary/aromatic N) is 2. The summed E-state index contributed by atoms with van der Waals surface area (Å²) in [5, 5.41) is 0. The van der Waals surface area contributed by atoms with Crippen molar-refractivity contribution in [3.8, 4) is 17.2 Å². The highest BCUT2D eigenvalue weighted by Crippen LogP contribution is 2.41. The second kappa shape index (κ2) is 12.0. The third kappa shape index (κ3) is 5.83. The van der Waals surface area contributed by atoms with Crippen LogP contribution in [0.25, 0.3) is 5.57 Å². The second-order valence-corrected chi connectivity index (χ2v) is 9.31. The molecule has 0 radical (unpaired) electrons. The number of carbonyl (C=O) groups excluding carboxylic acids is 2. The molecule has 0 aromatic heterocycles. The topological polar surface area (TPSA) is 68.3 Å². The lowest BCUT2D eigenvalue weighted by Gasteiger charge is -2.35. The predicted molar refractivity (Wildman–Crippen MR) is 139 cm³/mol. The van der Waals surface area contributed by atoms with Gasteiger partial charge in [-0.1, -0.05) is 36.4 Å². The Balaban J connectivity index is 1.32. The molecule has 2 aromatic carbocycles. The van der Waals surface area contributed by atoms with Crippen LogP contribution in [0.2, 0.25) is 0 Å². The maximum atomic E-state index is 13.2. The SMILES string of the molecule is COc1cc(OC)c(C2=CCN(C(=O)C3CCN(C(=O)CCc4ccccc4)CC3)CC2)c(OC)c1. The van der Waals surface area contributed by atoms with Crippen molar-refractivity contribution in [2.75, 3.05) is 47.5 Å². The molecule has 0 atom stereocenters. The van der Waals surface area contributed by atoms with Gasteiger partial charge in [-0.25, -0.2) is 0 Å². The quantitative estimate of drug-likeness (QED) is 0.553. The molecular formula is C29H36N2O5. The van der Waals surface area contributed by atoms with Crippen molar-refractivity contribution < 1.29 is 23.8 Å². The van der Waals surface area contributed by atoms with Crippen LogP contribution in [-0.4, -0.2) is 69.1 Å². The van der Waals surface area contributed by atoms with Crippen LogP contribution in [0.1, 0.15) is 36.8 Å². The number of carbonyl (C=O) groups is 2. The van der Waals surface area contributed by atoms with E-state index < -0.39 is 0 Å². The number of hydrogen-bond donors (Lipinski definition) is 0. The van der Waals surface area contributed by atoms with E-state index >= 15 is 0 Å². The van der Waals surface area contributed by atoms with Crippen molar-refractivity contribution >= 4 is 17.4 Å². The summed E-state index contributed by atoms with van der Waals surface area (Å²) in [6.07, 6.45) is 5.54. The Labute approximate surface area is 213 Å². The first kappa shape index (κ1) is 25.6. The van der Waals surface area contributed by atoms with Gasteiger partial charge in [-0.15, -0.1) is 0 Å². The second-order valence-electron chi connectivity index (χ2n) is 9.31. The van der Waals surface area contributed by atoms with Crippen molar-refractivity contribution in [1.29, 1.82) is 0 Å². The number of piperidine rings is 1. The molecule has 2 aliphatic heterocycles. The molecule has 2 heterocycles. The molecule has 0 N–H and O–H groups in total. The van der Waals surface area contributed by atoms with Crippen LogP contribution in [0.5, 0.6) is 17.2 Å². The Bertz CT molecular complexity index is 1070. The minimum atomic E-state index is -0.0248. The third-order valence-electron chi connectivity index (χ3n) is 7.22. The minimum absolute atomic E-state index is 0.0248. The summed E-state index contributed by atoms with van der Waals surface area (Å²) in [5.74, 6) is 2.41. The first-order valence-corrected chi connectivity index (χ1v) is 12.6. The monoisotopic (exact) mass is 492 g/mol. The highest BCUT2D eigenvalue weighted by molar-refractivity contribution is 5.83. The summed E-state index contributed by atoms with van der Waals surface area (Å²) in [6.45, 7) is 2.51. The molecule has 0 saturated carbocycles. The molecule has 0 bridgehead atoms. The number of aryl methyl sites for hydroxylation is 1. The zero-order chi connectivity index (χ0) is 25.5. The summed E-state index contributed by atoms with van der Waals surface area (Å²) in [6, 6.07) is 13.8. The summed E-state index contributed by atoms with van der Waals surface area (Å²) < 4.78 is 16.6. The summed E-state index contributed by atoms with van der Waals surface area (Å²) in [7, 11) is 4.88. The van der Waals surface area contributed by atoms with Gasteiger partial charge in [-0.3, -0.25) is 9.59 Å². The number of ether oxygens (including phenoxy) is 3. The normalized spacial score (nSPS) is 16.4. The standard InChI is InChI=1S/C29H36N2O5/c1-34-24-19-25(35-2)28(26(20-24)36-3)22-11-17-31(18-12-22)29(33)23-13-15-30(16-14-23)27(32)10-9-21-7-5-4-6-8-21/h4-8,11,19-20,23H,9-10,12-18H2,1-3H3. The molecule has 0 aliphatic carbocycles. The number of hydrogen-bond acceptors (Lipinski definition) is 5. The largest absolute Gasteiger partial charge is 0.496 e. The Hall–Kier alpha value is -3.48. The molecule has 7 heteroatoms. The van der Waals surface area contributed by atoms with E-state index in [0.29, 0.717) is 49.8 Å². The van der Waals surface area contributed by atoms with Crippen LogP contribution in [0.15, 0.2) is 48.5 Å². The van der Waals surface area contributed by atoms with Gasteiger partial charge >= 0.3 is 0 Å². The lowest BCUT2D eigenvalue weighted by molar-refractivity contribution is -0.140. The molecule has 7 nitrogen and oxygen atoms in total. The zero-order valence-electron chi connectivity index (χ0n) is 21.5. The van der Waals surface area contributed by atoms with E-state index in [1.54, 1.807) is 21.3 Å². The van der Waals surface area contributed by atoms with Gasteiger partial charge in [-0.05, 0) is 36.8 Å². The number of likely N-dealkylation sites (tertiary alicyclic amines) is 1. The fourth-order valence-corrected chi connectivity index (χ4v) is 5.11. The van der Waals surface area contributed by atoms with E-state index in [4.69, 9.17) is 14.2 Å². The molecule has 1 fully saturated rings. The van der Waals surface area contributed by atoms with Crippen LogP contribution < -0.4 is 14.2 Å². The zero-order valence-corrected chi connectivity index (χ0v) is 21.5. The molecule has 192 valence electrons. The van der Waals surface area contributed by atoms with Crippen LogP contribution in [0.4, 0.5) is 0 Å². The summed E-state index contributed by atoms with van der Waals surface area (Å²) >= 11 is 0. The van der Waals surface area contributed by atoms with Gasteiger partial charge in [0, 0.05) is 50.7 Å². The summed E-state index contributed by atoms with van der Waals surface area (Å²) in [5.41, 5.74) is 3.20. The average molecular weight is 493 g/mol. The fourth-order valence-electron chi connectivity index (χ4n) is 5.11. The van der Waals surface area contributed by atoms with Gasteiger partial charge in [-0.2, -0.15) is 0 Å². The maximum Gasteiger partial charge on any atom is 0.226 e. The summed E-state index contributed by atoms with van der Waals surface area (Å²) in [4.78, 5) is 29.8. The molecule has 1 saturated heterocycles.